The molecule has 0 saturated carbocycles. The smallest absolute Gasteiger partial charge is 0.0786 e. The molecule has 0 fully saturated rings. The van der Waals surface area contributed by atoms with Crippen LogP contribution in [0.25, 0.3) is 0 Å². The van der Waals surface area contributed by atoms with Crippen LogP contribution in [0.3, 0.4) is 0 Å². The fourth-order valence-electron chi connectivity index (χ4n) is 2.44. The lowest BCUT2D eigenvalue weighted by Crippen LogP contribution is -2.14. The van der Waals surface area contributed by atoms with Gasteiger partial charge >= 0.3 is 0 Å². The second-order valence-corrected chi connectivity index (χ2v) is 5.90. The van der Waals surface area contributed by atoms with Crippen molar-refractivity contribution in [2.75, 3.05) is 24.3 Å². The van der Waals surface area contributed by atoms with E-state index in [-0.39, 0.29) is 6.04 Å². The highest BCUT2D eigenvalue weighted by Gasteiger charge is 2.12. The lowest BCUT2D eigenvalue weighted by atomic mass is 10.0. The van der Waals surface area contributed by atoms with Crippen LogP contribution in [-0.4, -0.2) is 14.1 Å². The van der Waals surface area contributed by atoms with Crippen LogP contribution in [0.15, 0.2) is 42.5 Å². The van der Waals surface area contributed by atoms with Crippen LogP contribution in [0.4, 0.5) is 11.4 Å². The summed E-state index contributed by atoms with van der Waals surface area (Å²) in [7, 11) is 4.01. The molecule has 0 radical (unpaired) electrons. The summed E-state index contributed by atoms with van der Waals surface area (Å²) in [6.45, 7) is 4.34. The third kappa shape index (κ3) is 3.70. The summed E-state index contributed by atoms with van der Waals surface area (Å²) in [5, 5.41) is 4.32. The molecule has 0 aliphatic carbocycles. The second kappa shape index (κ2) is 6.86. The summed E-state index contributed by atoms with van der Waals surface area (Å²) >= 11 is 6.31. The monoisotopic (exact) mass is 302 g/mol. The summed E-state index contributed by atoms with van der Waals surface area (Å²) in [6.07, 6.45) is 1.07. The molecule has 0 aliphatic rings. The van der Waals surface area contributed by atoms with E-state index in [0.29, 0.717) is 0 Å². The summed E-state index contributed by atoms with van der Waals surface area (Å²) in [6, 6.07) is 15.0. The molecule has 21 heavy (non-hydrogen) atoms. The molecule has 1 atom stereocenters. The Morgan fingerprint density at radius 3 is 2.33 bits per heavy atom. The Labute approximate surface area is 132 Å². The van der Waals surface area contributed by atoms with Crippen molar-refractivity contribution >= 4 is 23.0 Å². The number of rotatable bonds is 5. The number of hydrogen-bond donors (Lipinski definition) is 1. The molecule has 112 valence electrons. The average Bonchev–Trinajstić information content (AvgIpc) is 2.47. The highest BCUT2D eigenvalue weighted by molar-refractivity contribution is 6.34. The number of anilines is 2. The molecule has 2 rings (SSSR count). The van der Waals surface area contributed by atoms with Crippen molar-refractivity contribution in [3.05, 3.63) is 58.6 Å². The van der Waals surface area contributed by atoms with Crippen LogP contribution in [0, 0.1) is 0 Å². The molecule has 0 heterocycles. The van der Waals surface area contributed by atoms with Gasteiger partial charge in [-0.15, -0.1) is 0 Å². The lowest BCUT2D eigenvalue weighted by Gasteiger charge is -2.23. The van der Waals surface area contributed by atoms with Gasteiger partial charge in [-0.1, -0.05) is 48.9 Å². The Morgan fingerprint density at radius 1 is 1.10 bits per heavy atom. The van der Waals surface area contributed by atoms with Crippen molar-refractivity contribution < 1.29 is 0 Å². The zero-order chi connectivity index (χ0) is 15.4. The Balaban J connectivity index is 2.22. The Morgan fingerprint density at radius 2 is 1.76 bits per heavy atom. The molecular weight excluding hydrogens is 280 g/mol. The maximum absolute atomic E-state index is 6.31. The van der Waals surface area contributed by atoms with Crippen molar-refractivity contribution in [3.8, 4) is 0 Å². The Hall–Kier alpha value is -1.67. The van der Waals surface area contributed by atoms with Crippen molar-refractivity contribution in [2.24, 2.45) is 0 Å². The number of halogens is 1. The van der Waals surface area contributed by atoms with Gasteiger partial charge in [0, 0.05) is 20.1 Å². The van der Waals surface area contributed by atoms with Crippen molar-refractivity contribution in [1.82, 2.24) is 0 Å². The maximum Gasteiger partial charge on any atom is 0.0786 e. The van der Waals surface area contributed by atoms with E-state index < -0.39 is 0 Å². The SMILES string of the molecule is CCc1ccc(C(C)Nc2cccc(Cl)c2N(C)C)cc1. The highest BCUT2D eigenvalue weighted by Crippen LogP contribution is 2.34. The van der Waals surface area contributed by atoms with Gasteiger partial charge in [-0.2, -0.15) is 0 Å². The van der Waals surface area contributed by atoms with Crippen LogP contribution in [-0.2, 0) is 6.42 Å². The van der Waals surface area contributed by atoms with Gasteiger partial charge in [0.25, 0.3) is 0 Å². The first-order valence-electron chi connectivity index (χ1n) is 7.34. The van der Waals surface area contributed by atoms with Crippen LogP contribution in [0.5, 0.6) is 0 Å². The normalized spacial score (nSPS) is 12.0. The van der Waals surface area contributed by atoms with E-state index in [1.54, 1.807) is 0 Å². The fourth-order valence-corrected chi connectivity index (χ4v) is 2.79. The van der Waals surface area contributed by atoms with Crippen LogP contribution < -0.4 is 10.2 Å². The standard InChI is InChI=1S/C18H23ClN2/c1-5-14-9-11-15(12-10-14)13(2)20-17-8-6-7-16(19)18(17)21(3)4/h6-13,20H,5H2,1-4H3. The number of benzene rings is 2. The minimum absolute atomic E-state index is 0.230. The highest BCUT2D eigenvalue weighted by atomic mass is 35.5. The molecule has 0 aromatic heterocycles. The van der Waals surface area contributed by atoms with E-state index in [2.05, 4.69) is 49.5 Å². The molecule has 3 heteroatoms. The van der Waals surface area contributed by atoms with E-state index >= 15 is 0 Å². The zero-order valence-corrected chi connectivity index (χ0v) is 13.9. The molecule has 0 spiro atoms. The molecule has 0 saturated heterocycles. The van der Waals surface area contributed by atoms with Gasteiger partial charge in [0.05, 0.1) is 16.4 Å². The predicted molar refractivity (Wildman–Crippen MR) is 93.6 cm³/mol. The summed E-state index contributed by atoms with van der Waals surface area (Å²) in [5.74, 6) is 0. The minimum Gasteiger partial charge on any atom is -0.377 e. The zero-order valence-electron chi connectivity index (χ0n) is 13.2. The van der Waals surface area contributed by atoms with E-state index in [1.807, 2.05) is 31.1 Å². The van der Waals surface area contributed by atoms with Gasteiger partial charge in [-0.05, 0) is 36.6 Å². The van der Waals surface area contributed by atoms with Gasteiger partial charge < -0.3 is 10.2 Å². The van der Waals surface area contributed by atoms with Crippen LogP contribution in [0.1, 0.15) is 31.0 Å². The third-order valence-electron chi connectivity index (χ3n) is 3.69. The fraction of sp³-hybridized carbons (Fsp3) is 0.333. The quantitative estimate of drug-likeness (QED) is 0.822. The van der Waals surface area contributed by atoms with Gasteiger partial charge in [0.1, 0.15) is 0 Å². The van der Waals surface area contributed by atoms with E-state index in [0.717, 1.165) is 22.8 Å². The summed E-state index contributed by atoms with van der Waals surface area (Å²) in [5.41, 5.74) is 4.72. The first-order chi connectivity index (χ1) is 10.0. The van der Waals surface area contributed by atoms with Crippen molar-refractivity contribution in [3.63, 3.8) is 0 Å². The molecule has 1 unspecified atom stereocenters. The van der Waals surface area contributed by atoms with Crippen molar-refractivity contribution in [1.29, 1.82) is 0 Å². The molecule has 2 aromatic carbocycles. The number of para-hydroxylation sites is 1. The second-order valence-electron chi connectivity index (χ2n) is 5.49. The van der Waals surface area contributed by atoms with Crippen molar-refractivity contribution in [2.45, 2.75) is 26.3 Å². The molecule has 1 N–H and O–H groups in total. The predicted octanol–water partition coefficient (Wildman–Crippen LogP) is 5.14. The maximum atomic E-state index is 6.31. The molecule has 0 bridgehead atoms. The molecule has 0 amide bonds. The number of nitrogens with zero attached hydrogens (tertiary/aromatic N) is 1. The lowest BCUT2D eigenvalue weighted by molar-refractivity contribution is 0.881. The summed E-state index contributed by atoms with van der Waals surface area (Å²) in [4.78, 5) is 2.04. The Bertz CT molecular complexity index is 591. The number of hydrogen-bond acceptors (Lipinski definition) is 2. The van der Waals surface area contributed by atoms with Gasteiger partial charge in [-0.25, -0.2) is 0 Å². The van der Waals surface area contributed by atoms with Crippen LogP contribution >= 0.6 is 11.6 Å². The van der Waals surface area contributed by atoms with Gasteiger partial charge in [0.2, 0.25) is 0 Å². The topological polar surface area (TPSA) is 15.3 Å². The van der Waals surface area contributed by atoms with E-state index in [9.17, 15) is 0 Å². The third-order valence-corrected chi connectivity index (χ3v) is 4.00. The first kappa shape index (κ1) is 15.7. The number of nitrogens with one attached hydrogen (secondary N) is 1. The van der Waals surface area contributed by atoms with E-state index in [4.69, 9.17) is 11.6 Å². The minimum atomic E-state index is 0.230. The van der Waals surface area contributed by atoms with Gasteiger partial charge in [0.15, 0.2) is 0 Å². The largest absolute Gasteiger partial charge is 0.377 e. The van der Waals surface area contributed by atoms with Gasteiger partial charge in [-0.3, -0.25) is 0 Å². The number of aryl methyl sites for hydroxylation is 1. The molecule has 0 aliphatic heterocycles. The first-order valence-corrected chi connectivity index (χ1v) is 7.72. The molecular formula is C18H23ClN2. The Kier molecular flexibility index (Phi) is 5.13. The average molecular weight is 303 g/mol. The molecule has 2 nitrogen and oxygen atoms in total. The summed E-state index contributed by atoms with van der Waals surface area (Å²) < 4.78 is 0. The van der Waals surface area contributed by atoms with E-state index in [1.165, 1.54) is 11.1 Å². The van der Waals surface area contributed by atoms with Crippen LogP contribution in [0.2, 0.25) is 5.02 Å². The molecule has 2 aromatic rings.